The van der Waals surface area contributed by atoms with Gasteiger partial charge in [-0.1, -0.05) is 57.0 Å². The molecule has 100 valence electrons. The van der Waals surface area contributed by atoms with Gasteiger partial charge >= 0.3 is 0 Å². The van der Waals surface area contributed by atoms with Crippen LogP contribution in [0.3, 0.4) is 0 Å². The fourth-order valence-electron chi connectivity index (χ4n) is 3.49. The van der Waals surface area contributed by atoms with E-state index in [9.17, 15) is 0 Å². The molecule has 0 bridgehead atoms. The summed E-state index contributed by atoms with van der Waals surface area (Å²) in [5.41, 5.74) is 8.33. The molecule has 2 N–H and O–H groups in total. The Morgan fingerprint density at radius 1 is 1.22 bits per heavy atom. The van der Waals surface area contributed by atoms with Crippen LogP contribution in [0.1, 0.15) is 51.5 Å². The van der Waals surface area contributed by atoms with E-state index in [0.29, 0.717) is 17.4 Å². The molecule has 2 rings (SSSR count). The average molecular weight is 245 g/mol. The van der Waals surface area contributed by atoms with Gasteiger partial charge in [-0.2, -0.15) is 0 Å². The molecule has 1 fully saturated rings. The minimum atomic E-state index is 0.362. The monoisotopic (exact) mass is 245 g/mol. The zero-order chi connectivity index (χ0) is 13.0. The summed E-state index contributed by atoms with van der Waals surface area (Å²) in [6.07, 6.45) is 7.66. The van der Waals surface area contributed by atoms with E-state index < -0.39 is 0 Å². The summed E-state index contributed by atoms with van der Waals surface area (Å²) >= 11 is 0. The minimum absolute atomic E-state index is 0.362. The van der Waals surface area contributed by atoms with Crippen molar-refractivity contribution in [1.82, 2.24) is 0 Å². The Bertz CT molecular complexity index is 355. The third-order valence-corrected chi connectivity index (χ3v) is 4.72. The van der Waals surface area contributed by atoms with Crippen molar-refractivity contribution in [2.24, 2.45) is 17.1 Å². The van der Waals surface area contributed by atoms with E-state index in [1.165, 1.54) is 31.2 Å². The molecule has 18 heavy (non-hydrogen) atoms. The molecule has 0 aliphatic heterocycles. The molecule has 2 unspecified atom stereocenters. The second-order valence-corrected chi connectivity index (χ2v) is 6.53. The normalized spacial score (nSPS) is 24.7. The van der Waals surface area contributed by atoms with Crippen molar-refractivity contribution >= 4 is 0 Å². The van der Waals surface area contributed by atoms with Gasteiger partial charge in [0.1, 0.15) is 0 Å². The molecule has 1 heteroatoms. The maximum absolute atomic E-state index is 6.47. The van der Waals surface area contributed by atoms with Crippen molar-refractivity contribution in [3.63, 3.8) is 0 Å². The SMILES string of the molecule is CC1(C)CCCCC1C(N)CCc1ccccc1. The number of rotatable bonds is 4. The maximum Gasteiger partial charge on any atom is 0.00754 e. The summed E-state index contributed by atoms with van der Waals surface area (Å²) in [6, 6.07) is 11.1. The highest BCUT2D eigenvalue weighted by molar-refractivity contribution is 5.14. The first-order valence-electron chi connectivity index (χ1n) is 7.39. The summed E-state index contributed by atoms with van der Waals surface area (Å²) in [5.74, 6) is 0.704. The molecule has 1 aliphatic rings. The quantitative estimate of drug-likeness (QED) is 0.846. The van der Waals surface area contributed by atoms with Crippen molar-refractivity contribution in [2.45, 2.75) is 58.4 Å². The molecular formula is C17H27N. The van der Waals surface area contributed by atoms with Gasteiger partial charge in [0.15, 0.2) is 0 Å². The van der Waals surface area contributed by atoms with E-state index in [1.807, 2.05) is 0 Å². The fraction of sp³-hybridized carbons (Fsp3) is 0.647. The molecule has 1 saturated carbocycles. The molecule has 1 nitrogen and oxygen atoms in total. The fourth-order valence-corrected chi connectivity index (χ4v) is 3.49. The lowest BCUT2D eigenvalue weighted by molar-refractivity contribution is 0.109. The highest BCUT2D eigenvalue weighted by atomic mass is 14.7. The van der Waals surface area contributed by atoms with E-state index in [-0.39, 0.29) is 0 Å². The van der Waals surface area contributed by atoms with Gasteiger partial charge in [-0.3, -0.25) is 0 Å². The Morgan fingerprint density at radius 2 is 1.94 bits per heavy atom. The van der Waals surface area contributed by atoms with Crippen molar-refractivity contribution in [1.29, 1.82) is 0 Å². The van der Waals surface area contributed by atoms with E-state index in [1.54, 1.807) is 0 Å². The minimum Gasteiger partial charge on any atom is -0.327 e. The Balaban J connectivity index is 1.89. The molecule has 2 atom stereocenters. The number of nitrogens with two attached hydrogens (primary N) is 1. The van der Waals surface area contributed by atoms with Crippen LogP contribution in [0, 0.1) is 11.3 Å². The van der Waals surface area contributed by atoms with Crippen LogP contribution in [0.15, 0.2) is 30.3 Å². The number of benzene rings is 1. The first kappa shape index (κ1) is 13.6. The van der Waals surface area contributed by atoms with Crippen molar-refractivity contribution in [2.75, 3.05) is 0 Å². The standard InChI is InChI=1S/C17H27N/c1-17(2)13-7-6-10-15(17)16(18)12-11-14-8-4-3-5-9-14/h3-5,8-9,15-16H,6-7,10-13,18H2,1-2H3. The Hall–Kier alpha value is -0.820. The molecule has 1 aromatic rings. The average Bonchev–Trinajstić information content (AvgIpc) is 2.37. The molecule has 0 spiro atoms. The summed E-state index contributed by atoms with van der Waals surface area (Å²) in [4.78, 5) is 0. The highest BCUT2D eigenvalue weighted by Gasteiger charge is 2.35. The third-order valence-electron chi connectivity index (χ3n) is 4.72. The van der Waals surface area contributed by atoms with Crippen LogP contribution in [0.4, 0.5) is 0 Å². The first-order chi connectivity index (χ1) is 8.59. The maximum atomic E-state index is 6.47. The Labute approximate surface area is 112 Å². The first-order valence-corrected chi connectivity index (χ1v) is 7.39. The Morgan fingerprint density at radius 3 is 2.61 bits per heavy atom. The van der Waals surface area contributed by atoms with Gasteiger partial charge in [0, 0.05) is 6.04 Å². The zero-order valence-electron chi connectivity index (χ0n) is 11.9. The second-order valence-electron chi connectivity index (χ2n) is 6.53. The van der Waals surface area contributed by atoms with E-state index in [4.69, 9.17) is 5.73 Å². The molecule has 0 aromatic heterocycles. The van der Waals surface area contributed by atoms with Gasteiger partial charge in [0.25, 0.3) is 0 Å². The van der Waals surface area contributed by atoms with Gasteiger partial charge in [-0.15, -0.1) is 0 Å². The third kappa shape index (κ3) is 3.35. The topological polar surface area (TPSA) is 26.0 Å². The van der Waals surface area contributed by atoms with Crippen LogP contribution >= 0.6 is 0 Å². The van der Waals surface area contributed by atoms with Crippen LogP contribution in [0.25, 0.3) is 0 Å². The lowest BCUT2D eigenvalue weighted by atomic mass is 9.65. The van der Waals surface area contributed by atoms with Crippen LogP contribution in [0.2, 0.25) is 0 Å². The number of hydrogen-bond donors (Lipinski definition) is 1. The van der Waals surface area contributed by atoms with Crippen molar-refractivity contribution in [3.8, 4) is 0 Å². The molecular weight excluding hydrogens is 218 g/mol. The molecule has 1 aliphatic carbocycles. The van der Waals surface area contributed by atoms with Gasteiger partial charge < -0.3 is 5.73 Å². The number of hydrogen-bond acceptors (Lipinski definition) is 1. The molecule has 0 amide bonds. The summed E-state index contributed by atoms with van der Waals surface area (Å²) < 4.78 is 0. The summed E-state index contributed by atoms with van der Waals surface area (Å²) in [7, 11) is 0. The number of aryl methyl sites for hydroxylation is 1. The van der Waals surface area contributed by atoms with E-state index in [0.717, 1.165) is 12.8 Å². The smallest absolute Gasteiger partial charge is 0.00754 e. The van der Waals surface area contributed by atoms with Crippen LogP contribution in [-0.4, -0.2) is 6.04 Å². The second kappa shape index (κ2) is 5.88. The van der Waals surface area contributed by atoms with Gasteiger partial charge in [0.2, 0.25) is 0 Å². The molecule has 0 radical (unpaired) electrons. The molecule has 1 aromatic carbocycles. The van der Waals surface area contributed by atoms with Crippen LogP contribution in [0.5, 0.6) is 0 Å². The summed E-state index contributed by atoms with van der Waals surface area (Å²) in [6.45, 7) is 4.80. The van der Waals surface area contributed by atoms with Gasteiger partial charge in [0.05, 0.1) is 0 Å². The predicted octanol–water partition coefficient (Wildman–Crippen LogP) is 4.16. The van der Waals surface area contributed by atoms with E-state index >= 15 is 0 Å². The highest BCUT2D eigenvalue weighted by Crippen LogP contribution is 2.42. The van der Waals surface area contributed by atoms with Gasteiger partial charge in [-0.25, -0.2) is 0 Å². The van der Waals surface area contributed by atoms with Crippen molar-refractivity contribution < 1.29 is 0 Å². The lowest BCUT2D eigenvalue weighted by Crippen LogP contribution is -2.42. The lowest BCUT2D eigenvalue weighted by Gasteiger charge is -2.42. The Kier molecular flexibility index (Phi) is 4.45. The predicted molar refractivity (Wildman–Crippen MR) is 78.5 cm³/mol. The molecule has 0 heterocycles. The van der Waals surface area contributed by atoms with Gasteiger partial charge in [-0.05, 0) is 42.6 Å². The molecule has 0 saturated heterocycles. The summed E-state index contributed by atoms with van der Waals surface area (Å²) in [5, 5.41) is 0. The largest absolute Gasteiger partial charge is 0.327 e. The van der Waals surface area contributed by atoms with Crippen LogP contribution in [-0.2, 0) is 6.42 Å². The van der Waals surface area contributed by atoms with Crippen LogP contribution < -0.4 is 5.73 Å². The van der Waals surface area contributed by atoms with Crippen molar-refractivity contribution in [3.05, 3.63) is 35.9 Å². The van der Waals surface area contributed by atoms with E-state index in [2.05, 4.69) is 44.2 Å². The zero-order valence-corrected chi connectivity index (χ0v) is 11.9.